The molecular weight excluding hydrogens is 1250 g/mol. The first-order valence-corrected chi connectivity index (χ1v) is 27.0. The standard InChI is InChI=1S/2C19H16F2N6O5S2.C2HF3O2.CHF3O3S/c2*20-18(21)32-25-12(9-7-34-19(22)23-9)15(28)24-13-10-8-33-11(6-26-4-2-1-3-5-26)14(17(30)31)27(10)16(13)29;3-2(4,5)1(6)7;2-1(3,4)8(5,6)7/h2*1-5,7,10,13,18H,6,8H2,(H3-,22,23,24,28,30,31);(H,6,7);(H,5,6,7). The molecule has 4 aromatic rings. The lowest BCUT2D eigenvalue weighted by Gasteiger charge is -2.49. The molecule has 0 bridgehead atoms. The van der Waals surface area contributed by atoms with Crippen LogP contribution in [-0.4, -0.2) is 156 Å². The number of nitrogen functional groups attached to an aromatic ring is 2. The third kappa shape index (κ3) is 17.2. The number of thioether (sulfide) groups is 2. The molecule has 4 amide bonds. The van der Waals surface area contributed by atoms with Crippen LogP contribution in [0.5, 0.6) is 0 Å². The van der Waals surface area contributed by atoms with E-state index in [0.29, 0.717) is 21.3 Å². The lowest BCUT2D eigenvalue weighted by Crippen LogP contribution is -2.73. The Morgan fingerprint density at radius 3 is 1.28 bits per heavy atom. The van der Waals surface area contributed by atoms with Gasteiger partial charge in [-0.15, -0.1) is 46.2 Å². The van der Waals surface area contributed by atoms with E-state index in [-0.39, 0.29) is 46.1 Å². The summed E-state index contributed by atoms with van der Waals surface area (Å²) in [4.78, 5) is 103. The number of hydrogen-bond acceptors (Lipinski definition) is 23. The van der Waals surface area contributed by atoms with Crippen molar-refractivity contribution in [3.63, 3.8) is 0 Å². The van der Waals surface area contributed by atoms with Gasteiger partial charge in [0, 0.05) is 46.5 Å². The summed E-state index contributed by atoms with van der Waals surface area (Å²) in [6.45, 7) is -6.04. The summed E-state index contributed by atoms with van der Waals surface area (Å²) >= 11 is 4.44. The van der Waals surface area contributed by atoms with E-state index >= 15 is 0 Å². The van der Waals surface area contributed by atoms with Gasteiger partial charge in [-0.05, 0) is 0 Å². The molecule has 27 nitrogen and oxygen atoms in total. The van der Waals surface area contributed by atoms with Crippen LogP contribution in [0.3, 0.4) is 0 Å². The number of β-lactam (4-membered cyclic amide) rings is 2. The number of pyridine rings is 2. The molecule has 0 radical (unpaired) electrons. The molecule has 8 N–H and O–H groups in total. The lowest BCUT2D eigenvalue weighted by molar-refractivity contribution is -0.688. The minimum atomic E-state index is -6.09. The number of carboxylic acids is 3. The fourth-order valence-electron chi connectivity index (χ4n) is 6.98. The summed E-state index contributed by atoms with van der Waals surface area (Å²) < 4.78 is 144. The summed E-state index contributed by atoms with van der Waals surface area (Å²) in [5.41, 5.74) is 3.74. The third-order valence-electron chi connectivity index (χ3n) is 10.4. The Balaban J connectivity index is 0.000000244. The van der Waals surface area contributed by atoms with E-state index in [2.05, 4.69) is 40.6 Å². The van der Waals surface area contributed by atoms with Crippen molar-refractivity contribution in [1.29, 1.82) is 0 Å². The monoisotopic (exact) mass is 1280 g/mol. The number of aromatic nitrogens is 4. The van der Waals surface area contributed by atoms with Gasteiger partial charge in [0.1, 0.15) is 40.8 Å². The number of carboxylic acid groups (broad SMARTS) is 3. The first kappa shape index (κ1) is 65.6. The van der Waals surface area contributed by atoms with E-state index in [1.165, 1.54) is 34.3 Å². The highest BCUT2D eigenvalue weighted by molar-refractivity contribution is 8.03. The number of nitrogens with one attached hydrogen (secondary N) is 2. The van der Waals surface area contributed by atoms with Crippen LogP contribution >= 0.6 is 46.2 Å². The molecule has 42 heteroatoms. The highest BCUT2D eigenvalue weighted by Crippen LogP contribution is 2.41. The highest BCUT2D eigenvalue weighted by Gasteiger charge is 2.56. The minimum absolute atomic E-state index is 0.0715. The Kier molecular flexibility index (Phi) is 21.9. The molecule has 4 unspecified atom stereocenters. The fraction of sp³-hybridized carbons (Fsp3) is 0.293. The summed E-state index contributed by atoms with van der Waals surface area (Å²) in [7, 11) is -6.09. The van der Waals surface area contributed by atoms with Gasteiger partial charge in [-0.1, -0.05) is 22.4 Å². The summed E-state index contributed by atoms with van der Waals surface area (Å²) in [6.07, 6.45) is 1.89. The molecule has 8 rings (SSSR count). The molecule has 8 heterocycles. The van der Waals surface area contributed by atoms with E-state index in [1.807, 2.05) is 12.1 Å². The summed E-state index contributed by atoms with van der Waals surface area (Å²) in [5, 5.41) is 42.3. The van der Waals surface area contributed by atoms with Gasteiger partial charge in [-0.3, -0.25) is 29.0 Å². The fourth-order valence-corrected chi connectivity index (χ4v) is 10.6. The highest BCUT2D eigenvalue weighted by atomic mass is 32.2. The van der Waals surface area contributed by atoms with Gasteiger partial charge >= 0.3 is 36.8 Å². The topological polar surface area (TPSA) is 400 Å². The van der Waals surface area contributed by atoms with Gasteiger partial charge in [-0.25, -0.2) is 37.1 Å². The van der Waals surface area contributed by atoms with Crippen LogP contribution in [0.1, 0.15) is 11.4 Å². The van der Waals surface area contributed by atoms with Crippen LogP contribution in [0.4, 0.5) is 54.2 Å². The zero-order chi connectivity index (χ0) is 61.9. The number of amides is 4. The van der Waals surface area contributed by atoms with Crippen LogP contribution in [0, 0.1) is 0 Å². The van der Waals surface area contributed by atoms with Crippen molar-refractivity contribution in [2.24, 2.45) is 10.3 Å². The third-order valence-corrected chi connectivity index (χ3v) is 14.7. The average molecular weight is 1290 g/mol. The van der Waals surface area contributed by atoms with Crippen LogP contribution in [-0.2, 0) is 66.4 Å². The number of alkyl halides is 10. The number of allylic oxidation sites excluding steroid dienone is 2. The zero-order valence-corrected chi connectivity index (χ0v) is 44.6. The van der Waals surface area contributed by atoms with Crippen molar-refractivity contribution < 1.29 is 125 Å². The largest absolute Gasteiger partial charge is 0.741 e. The lowest BCUT2D eigenvalue weighted by atomic mass is 9.94. The number of nitrogens with two attached hydrogens (primary N) is 2. The summed E-state index contributed by atoms with van der Waals surface area (Å²) in [5.74, 6) is -8.16. The number of oxime groups is 2. The van der Waals surface area contributed by atoms with Crippen molar-refractivity contribution in [2.45, 2.75) is 62.2 Å². The number of rotatable bonds is 16. The maximum absolute atomic E-state index is 12.8. The van der Waals surface area contributed by atoms with Crippen molar-refractivity contribution in [3.8, 4) is 0 Å². The Hall–Kier alpha value is -8.22. The zero-order valence-electron chi connectivity index (χ0n) is 40.5. The molecule has 0 spiro atoms. The Bertz CT molecular complexity index is 3150. The average Bonchev–Trinajstić information content (AvgIpc) is 1.62. The maximum Gasteiger partial charge on any atom is 0.485 e. The second kappa shape index (κ2) is 27.7. The number of hydrogen-bond donors (Lipinski definition) is 6. The first-order valence-electron chi connectivity index (χ1n) is 21.8. The molecule has 0 aromatic carbocycles. The number of carbonyl (C=O) groups is 7. The maximum atomic E-state index is 12.8. The smallest absolute Gasteiger partial charge is 0.485 e. The normalized spacial score (nSPS) is 18.8. The van der Waals surface area contributed by atoms with Crippen LogP contribution in [0.2, 0.25) is 0 Å². The Morgan fingerprint density at radius 2 is 1.02 bits per heavy atom. The number of aliphatic carboxylic acids is 3. The van der Waals surface area contributed by atoms with E-state index in [0.717, 1.165) is 32.5 Å². The van der Waals surface area contributed by atoms with Gasteiger partial charge in [-0.2, -0.15) is 43.9 Å². The molecular formula is C41H34F10N12O15S5. The van der Waals surface area contributed by atoms with Gasteiger partial charge in [0.25, 0.3) is 23.6 Å². The SMILES string of the molecule is Nc1nc(C(=NOC(F)F)C(=O)NC2C(=O)N3C(C(=O)O)=C(C[n+]4ccccc4)SCC23)cs1.Nc1nc(C(=NOC(F)F)C(=O)NC2C(=O)N3C(C(=O)O)=C(C[n+]4ccccc4)SCC23)cs1.O=C([O-])C(F)(F)F.O=S(=O)([O-])C(F)(F)F. The molecule has 0 aliphatic carbocycles. The van der Waals surface area contributed by atoms with Gasteiger partial charge in [0.15, 0.2) is 69.7 Å². The molecule has 4 atom stereocenters. The van der Waals surface area contributed by atoms with Gasteiger partial charge in [0.2, 0.25) is 0 Å². The van der Waals surface area contributed by atoms with Crippen molar-refractivity contribution in [2.75, 3.05) is 23.0 Å². The predicted octanol–water partition coefficient (Wildman–Crippen LogP) is 0.140. The molecule has 2 saturated heterocycles. The molecule has 2 fully saturated rings. The number of anilines is 2. The Morgan fingerprint density at radius 1 is 0.699 bits per heavy atom. The van der Waals surface area contributed by atoms with Crippen molar-refractivity contribution >= 4 is 120 Å². The minimum Gasteiger partial charge on any atom is -0.741 e. The molecule has 4 aliphatic heterocycles. The first-order chi connectivity index (χ1) is 38.7. The van der Waals surface area contributed by atoms with Crippen molar-refractivity contribution in [3.05, 3.63) is 105 Å². The van der Waals surface area contributed by atoms with E-state index in [4.69, 9.17) is 34.3 Å². The summed E-state index contributed by atoms with van der Waals surface area (Å²) in [6, 6.07) is 7.39. The predicted molar refractivity (Wildman–Crippen MR) is 260 cm³/mol. The second-order valence-electron chi connectivity index (χ2n) is 15.8. The quantitative estimate of drug-likeness (QED) is 0.0165. The van der Waals surface area contributed by atoms with Gasteiger partial charge < -0.3 is 56.4 Å². The molecule has 4 aromatic heterocycles. The Labute approximate surface area is 472 Å². The van der Waals surface area contributed by atoms with Crippen LogP contribution in [0.25, 0.3) is 0 Å². The van der Waals surface area contributed by atoms with Crippen molar-refractivity contribution in [1.82, 2.24) is 30.4 Å². The molecule has 448 valence electrons. The number of thiazole rings is 2. The molecule has 83 heavy (non-hydrogen) atoms. The number of carbonyl (C=O) groups excluding carboxylic acids is 5. The number of halogens is 10. The van der Waals surface area contributed by atoms with Crippen LogP contribution in [0.15, 0.2) is 103 Å². The van der Waals surface area contributed by atoms with Gasteiger partial charge in [0.05, 0.1) is 21.9 Å². The molecule has 0 saturated carbocycles. The van der Waals surface area contributed by atoms with E-state index in [9.17, 15) is 82.9 Å². The van der Waals surface area contributed by atoms with Crippen LogP contribution < -0.4 is 36.3 Å². The number of nitrogens with zero attached hydrogens (tertiary/aromatic N) is 8. The number of fused-ring (bicyclic) bond motifs is 2. The molecule has 4 aliphatic rings. The van der Waals surface area contributed by atoms with E-state index in [1.54, 1.807) is 58.2 Å². The van der Waals surface area contributed by atoms with E-state index < -0.39 is 112 Å². The second-order valence-corrected chi connectivity index (χ2v) is 21.1.